The van der Waals surface area contributed by atoms with E-state index in [9.17, 15) is 45.6 Å². The summed E-state index contributed by atoms with van der Waals surface area (Å²) in [6.45, 7) is 2.78. The van der Waals surface area contributed by atoms with Gasteiger partial charge in [-0.25, -0.2) is 0 Å². The molecule has 12 unspecified atom stereocenters. The van der Waals surface area contributed by atoms with Crippen molar-refractivity contribution in [3.8, 4) is 0 Å². The second-order valence-electron chi connectivity index (χ2n) is 26.0. The van der Waals surface area contributed by atoms with Gasteiger partial charge in [-0.15, -0.1) is 0 Å². The Kier molecular flexibility index (Phi) is 56.3. The number of hydrogen-bond donors (Lipinski definition) is 9. The second-order valence-corrected chi connectivity index (χ2v) is 26.0. The van der Waals surface area contributed by atoms with Crippen molar-refractivity contribution in [2.75, 3.05) is 19.8 Å². The third kappa shape index (κ3) is 44.5. The Morgan fingerprint density at radius 3 is 1.16 bits per heavy atom. The average Bonchev–Trinajstić information content (AvgIpc) is 1.19. The van der Waals surface area contributed by atoms with Gasteiger partial charge in [0.2, 0.25) is 5.91 Å². The van der Waals surface area contributed by atoms with Crippen molar-refractivity contribution < 1.29 is 64.6 Å². The first-order chi connectivity index (χ1) is 44.6. The molecule has 0 radical (unpaired) electrons. The number of carbonyl (C=O) groups excluding carboxylic acids is 1. The minimum absolute atomic E-state index is 0.204. The molecule has 2 aliphatic heterocycles. The summed E-state index contributed by atoms with van der Waals surface area (Å²) in [6.07, 6.45) is 67.5. The Morgan fingerprint density at radius 1 is 0.407 bits per heavy atom. The summed E-state index contributed by atoms with van der Waals surface area (Å²) in [4.78, 5) is 13.4. The summed E-state index contributed by atoms with van der Waals surface area (Å²) in [5.41, 5.74) is 0. The van der Waals surface area contributed by atoms with Crippen molar-refractivity contribution in [1.82, 2.24) is 5.32 Å². The van der Waals surface area contributed by atoms with E-state index in [1.54, 1.807) is 0 Å². The van der Waals surface area contributed by atoms with Gasteiger partial charge in [-0.1, -0.05) is 311 Å². The van der Waals surface area contributed by atoms with Gasteiger partial charge in [-0.2, -0.15) is 0 Å². The fraction of sp³-hybridized carbons (Fsp3) is 0.805. The van der Waals surface area contributed by atoms with Crippen LogP contribution < -0.4 is 5.32 Å². The number of amides is 1. The molecule has 12 atom stereocenters. The molecule has 0 aliphatic carbocycles. The minimum atomic E-state index is -1.78. The number of aliphatic hydroxyl groups excluding tert-OH is 8. The van der Waals surface area contributed by atoms with E-state index in [2.05, 4.69) is 104 Å². The third-order valence-corrected chi connectivity index (χ3v) is 17.9. The van der Waals surface area contributed by atoms with Crippen LogP contribution in [0.15, 0.2) is 85.1 Å². The van der Waals surface area contributed by atoms with E-state index in [4.69, 9.17) is 18.9 Å². The Balaban J connectivity index is 1.59. The fourth-order valence-corrected chi connectivity index (χ4v) is 12.0. The fourth-order valence-electron chi connectivity index (χ4n) is 12.0. The van der Waals surface area contributed by atoms with Gasteiger partial charge in [0.1, 0.15) is 48.8 Å². The maximum Gasteiger partial charge on any atom is 0.220 e. The lowest BCUT2D eigenvalue weighted by Gasteiger charge is -2.46. The molecule has 14 nitrogen and oxygen atoms in total. The molecular weight excluding hydrogens is 1150 g/mol. The average molecular weight is 1280 g/mol. The van der Waals surface area contributed by atoms with E-state index in [0.717, 1.165) is 96.3 Å². The Morgan fingerprint density at radius 2 is 0.758 bits per heavy atom. The summed E-state index contributed by atoms with van der Waals surface area (Å²) >= 11 is 0. The molecule has 0 bridgehead atoms. The highest BCUT2D eigenvalue weighted by molar-refractivity contribution is 5.76. The maximum atomic E-state index is 13.4. The summed E-state index contributed by atoms with van der Waals surface area (Å²) in [7, 11) is 0. The summed E-state index contributed by atoms with van der Waals surface area (Å²) in [5, 5.41) is 87.6. The SMILES string of the molecule is CC/C=C\C/C=C\C/C=C\C/C=C\C/C=C\C/C=C\C/C=C\CCCCCCCCCCCCCCCCCCCC(=O)NC(COC1OC(CO)C(OC2OC(CO)C(O)C(O)C2O)C(O)C1O)C(O)CCCCCCCCCCCCCCCCCCCC. The molecule has 2 fully saturated rings. The molecular formula is C77H137NO13. The molecule has 0 saturated carbocycles. The van der Waals surface area contributed by atoms with Crippen LogP contribution in [0.1, 0.15) is 303 Å². The molecule has 0 aromatic carbocycles. The maximum absolute atomic E-state index is 13.4. The van der Waals surface area contributed by atoms with Gasteiger partial charge in [0.25, 0.3) is 0 Å². The number of rotatable bonds is 61. The molecule has 0 spiro atoms. The molecule has 0 aromatic rings. The molecule has 2 aliphatic rings. The number of carbonyl (C=O) groups is 1. The zero-order chi connectivity index (χ0) is 65.9. The first kappa shape index (κ1) is 84.3. The lowest BCUT2D eigenvalue weighted by molar-refractivity contribution is -0.359. The van der Waals surface area contributed by atoms with E-state index in [1.807, 2.05) is 0 Å². The van der Waals surface area contributed by atoms with E-state index in [1.165, 1.54) is 180 Å². The Bertz CT molecular complexity index is 1850. The monoisotopic (exact) mass is 1280 g/mol. The van der Waals surface area contributed by atoms with Crippen LogP contribution in [-0.4, -0.2) is 140 Å². The van der Waals surface area contributed by atoms with Crippen molar-refractivity contribution in [2.24, 2.45) is 0 Å². The summed E-state index contributed by atoms with van der Waals surface area (Å²) < 4.78 is 22.9. The normalized spacial score (nSPS) is 23.3. The molecule has 0 aromatic heterocycles. The predicted octanol–water partition coefficient (Wildman–Crippen LogP) is 16.0. The van der Waals surface area contributed by atoms with Crippen molar-refractivity contribution in [1.29, 1.82) is 0 Å². The number of aliphatic hydroxyl groups is 8. The standard InChI is InChI=1S/C77H137NO13/c1-3-5-7-9-11-13-15-17-19-21-23-24-25-26-27-28-29-30-31-32-33-34-35-36-37-38-39-40-41-42-43-45-47-49-51-53-55-57-59-61-69(82)78-65(66(81)60-58-56-54-52-50-48-46-44-22-20-18-16-14-12-10-8-6-4-2)64-88-76-74(87)72(85)75(68(63-80)90-76)91-77-73(86)71(84)70(83)67(62-79)89-77/h5,7,11,13,17,19,23-24,26-27,29-30,32-33,65-68,70-77,79-81,83-87H,3-4,6,8-10,12,14-16,18,20-22,25,28,31,34-64H2,1-2H3,(H,78,82)/b7-5-,13-11-,19-17-,24-23-,27-26-,30-29-,33-32-. The van der Waals surface area contributed by atoms with Gasteiger partial charge in [-0.3, -0.25) is 4.79 Å². The number of ether oxygens (including phenoxy) is 4. The van der Waals surface area contributed by atoms with Crippen LogP contribution in [0, 0.1) is 0 Å². The van der Waals surface area contributed by atoms with Crippen LogP contribution in [0.5, 0.6) is 0 Å². The highest BCUT2D eigenvalue weighted by Gasteiger charge is 2.51. The van der Waals surface area contributed by atoms with Crippen LogP contribution in [0.25, 0.3) is 0 Å². The van der Waals surface area contributed by atoms with Gasteiger partial charge < -0.3 is 65.1 Å². The first-order valence-electron chi connectivity index (χ1n) is 37.3. The Labute approximate surface area is 554 Å². The zero-order valence-corrected chi connectivity index (χ0v) is 57.6. The molecule has 14 heteroatoms. The lowest BCUT2D eigenvalue weighted by atomic mass is 9.97. The predicted molar refractivity (Wildman–Crippen MR) is 373 cm³/mol. The van der Waals surface area contributed by atoms with Gasteiger partial charge in [0.05, 0.1) is 32.0 Å². The van der Waals surface area contributed by atoms with Crippen molar-refractivity contribution in [3.63, 3.8) is 0 Å². The van der Waals surface area contributed by atoms with Crippen LogP contribution >= 0.6 is 0 Å². The van der Waals surface area contributed by atoms with Gasteiger partial charge in [-0.05, 0) is 70.6 Å². The summed E-state index contributed by atoms with van der Waals surface area (Å²) in [6, 6.07) is -0.832. The van der Waals surface area contributed by atoms with Crippen LogP contribution in [0.2, 0.25) is 0 Å². The molecule has 2 saturated heterocycles. The number of unbranched alkanes of at least 4 members (excludes halogenated alkanes) is 34. The van der Waals surface area contributed by atoms with Gasteiger partial charge in [0.15, 0.2) is 12.6 Å². The molecule has 9 N–H and O–H groups in total. The Hall–Kier alpha value is -2.83. The number of nitrogens with one attached hydrogen (secondary N) is 1. The smallest absolute Gasteiger partial charge is 0.220 e. The third-order valence-electron chi connectivity index (χ3n) is 17.9. The van der Waals surface area contributed by atoms with Crippen molar-refractivity contribution >= 4 is 5.91 Å². The largest absolute Gasteiger partial charge is 0.394 e. The van der Waals surface area contributed by atoms with Crippen molar-refractivity contribution in [2.45, 2.75) is 376 Å². The van der Waals surface area contributed by atoms with Crippen LogP contribution in [0.4, 0.5) is 0 Å². The number of allylic oxidation sites excluding steroid dienone is 14. The van der Waals surface area contributed by atoms with Crippen molar-refractivity contribution in [3.05, 3.63) is 85.1 Å². The van der Waals surface area contributed by atoms with Crippen LogP contribution in [0.3, 0.4) is 0 Å². The van der Waals surface area contributed by atoms with E-state index in [-0.39, 0.29) is 12.5 Å². The second kappa shape index (κ2) is 60.8. The van der Waals surface area contributed by atoms with E-state index in [0.29, 0.717) is 12.8 Å². The van der Waals surface area contributed by atoms with E-state index < -0.39 is 86.8 Å². The molecule has 2 rings (SSSR count). The van der Waals surface area contributed by atoms with E-state index >= 15 is 0 Å². The molecule has 91 heavy (non-hydrogen) atoms. The van der Waals surface area contributed by atoms with Gasteiger partial charge in [0, 0.05) is 6.42 Å². The first-order valence-corrected chi connectivity index (χ1v) is 37.3. The lowest BCUT2D eigenvalue weighted by Crippen LogP contribution is -2.65. The highest BCUT2D eigenvalue weighted by Crippen LogP contribution is 2.30. The number of hydrogen-bond acceptors (Lipinski definition) is 13. The zero-order valence-electron chi connectivity index (χ0n) is 57.6. The molecule has 2 heterocycles. The van der Waals surface area contributed by atoms with Gasteiger partial charge >= 0.3 is 0 Å². The highest BCUT2D eigenvalue weighted by atomic mass is 16.7. The topological polar surface area (TPSA) is 228 Å². The molecule has 528 valence electrons. The molecule has 1 amide bonds. The quantitative estimate of drug-likeness (QED) is 0.0204. The minimum Gasteiger partial charge on any atom is -0.394 e. The summed E-state index contributed by atoms with van der Waals surface area (Å²) in [5.74, 6) is -0.204. The van der Waals surface area contributed by atoms with Crippen LogP contribution in [-0.2, 0) is 23.7 Å².